The molecule has 2 atom stereocenters. The first-order valence-electron chi connectivity index (χ1n) is 8.61. The first-order chi connectivity index (χ1) is 14.1. The third kappa shape index (κ3) is 6.42. The average Bonchev–Trinajstić information content (AvgIpc) is 2.68. The summed E-state index contributed by atoms with van der Waals surface area (Å²) in [5.74, 6) is -2.24. The van der Waals surface area contributed by atoms with Gasteiger partial charge in [0.25, 0.3) is 0 Å². The summed E-state index contributed by atoms with van der Waals surface area (Å²) in [7, 11) is 0. The molecule has 0 fully saturated rings. The van der Waals surface area contributed by atoms with E-state index in [2.05, 4.69) is 15.3 Å². The number of nitrogens with one attached hydrogen (secondary N) is 1. The van der Waals surface area contributed by atoms with Gasteiger partial charge in [-0.05, 0) is 47.3 Å². The van der Waals surface area contributed by atoms with E-state index in [-0.39, 0.29) is 24.2 Å². The molecule has 2 aromatic rings. The first kappa shape index (κ1) is 22.6. The molecule has 0 aliphatic heterocycles. The normalized spacial score (nSPS) is 13.0. The van der Waals surface area contributed by atoms with Crippen molar-refractivity contribution in [2.24, 2.45) is 5.11 Å². The van der Waals surface area contributed by atoms with Crippen LogP contribution < -0.4 is 5.32 Å². The quantitative estimate of drug-likeness (QED) is 0.341. The Hall–Kier alpha value is -3.72. The maximum Gasteiger partial charge on any atom is 0.416 e. The number of rotatable bonds is 8. The summed E-state index contributed by atoms with van der Waals surface area (Å²) in [4.78, 5) is 26.6. The molecule has 0 saturated heterocycles. The van der Waals surface area contributed by atoms with Crippen LogP contribution in [0.15, 0.2) is 53.6 Å². The highest BCUT2D eigenvalue weighted by atomic mass is 19.4. The second-order valence-electron chi connectivity index (χ2n) is 6.39. The fourth-order valence-corrected chi connectivity index (χ4v) is 2.64. The minimum Gasteiger partial charge on any atom is -0.508 e. The van der Waals surface area contributed by atoms with Crippen LogP contribution in [-0.2, 0) is 28.6 Å². The van der Waals surface area contributed by atoms with Crippen LogP contribution in [0, 0.1) is 0 Å². The molecule has 1 unspecified atom stereocenters. The molecule has 3 N–H and O–H groups in total. The minimum absolute atomic E-state index is 0.00557. The molecule has 0 aliphatic rings. The predicted octanol–water partition coefficient (Wildman–Crippen LogP) is 3.44. The summed E-state index contributed by atoms with van der Waals surface area (Å²) in [5, 5.41) is 24.3. The Bertz CT molecular complexity index is 940. The standard InChI is InChI=1S/C19H17F3N4O4/c20-19(21,22)13-5-1-11(2-6-13)10-16(18(29)30)24-17(28)15(25-26-23)9-12-3-7-14(27)8-4-12/h1-8,15-16,27H,9-10H2,(H,24,28)(H,29,30)/t15-,16?/m0/s1. The number of halogens is 3. The minimum atomic E-state index is -4.52. The van der Waals surface area contributed by atoms with Gasteiger partial charge in [-0.2, -0.15) is 13.2 Å². The largest absolute Gasteiger partial charge is 0.508 e. The molecule has 0 saturated carbocycles. The van der Waals surface area contributed by atoms with Crippen LogP contribution in [0.3, 0.4) is 0 Å². The summed E-state index contributed by atoms with van der Waals surface area (Å²) in [6.07, 6.45) is -4.82. The number of carboxylic acid groups (broad SMARTS) is 1. The van der Waals surface area contributed by atoms with Crippen LogP contribution in [0.2, 0.25) is 0 Å². The zero-order valence-electron chi connectivity index (χ0n) is 15.4. The summed E-state index contributed by atoms with van der Waals surface area (Å²) < 4.78 is 37.9. The van der Waals surface area contributed by atoms with Crippen LogP contribution >= 0.6 is 0 Å². The van der Waals surface area contributed by atoms with Crippen molar-refractivity contribution < 1.29 is 33.0 Å². The Morgan fingerprint density at radius 2 is 1.57 bits per heavy atom. The van der Waals surface area contributed by atoms with Crippen molar-refractivity contribution in [2.45, 2.75) is 31.1 Å². The number of benzene rings is 2. The van der Waals surface area contributed by atoms with E-state index in [0.717, 1.165) is 24.3 Å². The molecule has 0 radical (unpaired) electrons. The number of carboxylic acids is 1. The molecule has 158 valence electrons. The van der Waals surface area contributed by atoms with Crippen molar-refractivity contribution in [2.75, 3.05) is 0 Å². The Morgan fingerprint density at radius 1 is 1.03 bits per heavy atom. The van der Waals surface area contributed by atoms with Crippen LogP contribution in [-0.4, -0.2) is 34.2 Å². The number of nitrogens with zero attached hydrogens (tertiary/aromatic N) is 3. The number of hydrogen-bond acceptors (Lipinski definition) is 4. The van der Waals surface area contributed by atoms with Gasteiger partial charge in [0.15, 0.2) is 0 Å². The van der Waals surface area contributed by atoms with E-state index in [0.29, 0.717) is 5.56 Å². The van der Waals surface area contributed by atoms with Gasteiger partial charge in [-0.25, -0.2) is 4.79 Å². The van der Waals surface area contributed by atoms with Gasteiger partial charge in [0.1, 0.15) is 17.8 Å². The fourth-order valence-electron chi connectivity index (χ4n) is 2.64. The van der Waals surface area contributed by atoms with Gasteiger partial charge in [-0.15, -0.1) is 0 Å². The molecule has 8 nitrogen and oxygen atoms in total. The predicted molar refractivity (Wildman–Crippen MR) is 99.5 cm³/mol. The first-order valence-corrected chi connectivity index (χ1v) is 8.61. The Morgan fingerprint density at radius 3 is 2.07 bits per heavy atom. The van der Waals surface area contributed by atoms with E-state index >= 15 is 0 Å². The number of amides is 1. The zero-order valence-corrected chi connectivity index (χ0v) is 15.4. The number of phenols is 1. The van der Waals surface area contributed by atoms with Gasteiger partial charge in [0.2, 0.25) is 5.91 Å². The van der Waals surface area contributed by atoms with Crippen LogP contribution in [0.1, 0.15) is 16.7 Å². The van der Waals surface area contributed by atoms with Crippen molar-refractivity contribution in [3.05, 3.63) is 75.7 Å². The van der Waals surface area contributed by atoms with Gasteiger partial charge in [0, 0.05) is 11.3 Å². The number of aliphatic carboxylic acids is 1. The molecule has 1 amide bonds. The van der Waals surface area contributed by atoms with E-state index in [1.807, 2.05) is 0 Å². The number of alkyl halides is 3. The second kappa shape index (κ2) is 9.66. The maximum absolute atomic E-state index is 12.6. The maximum atomic E-state index is 12.6. The molecular weight excluding hydrogens is 405 g/mol. The third-order valence-electron chi connectivity index (χ3n) is 4.19. The number of carbonyl (C=O) groups is 2. The number of phenolic OH excluding ortho intramolecular Hbond substituents is 1. The molecule has 2 aromatic carbocycles. The van der Waals surface area contributed by atoms with Crippen LogP contribution in [0.5, 0.6) is 5.75 Å². The Kier molecular flexibility index (Phi) is 7.27. The molecular formula is C19H17F3N4O4. The SMILES string of the molecule is [N-]=[N+]=N[C@@H](Cc1ccc(O)cc1)C(=O)NC(Cc1ccc(C(F)(F)F)cc1)C(=O)O. The smallest absolute Gasteiger partial charge is 0.416 e. The van der Waals surface area contributed by atoms with Crippen molar-refractivity contribution in [1.82, 2.24) is 5.32 Å². The zero-order chi connectivity index (χ0) is 22.3. The van der Waals surface area contributed by atoms with E-state index in [1.165, 1.54) is 24.3 Å². The molecule has 11 heteroatoms. The molecule has 0 bridgehead atoms. The van der Waals surface area contributed by atoms with E-state index in [9.17, 15) is 33.0 Å². The van der Waals surface area contributed by atoms with Crippen molar-refractivity contribution in [3.63, 3.8) is 0 Å². The Labute approximate surface area is 168 Å². The molecule has 0 aliphatic carbocycles. The number of aromatic hydroxyl groups is 1. The molecule has 0 aromatic heterocycles. The Balaban J connectivity index is 2.11. The lowest BCUT2D eigenvalue weighted by molar-refractivity contribution is -0.142. The summed E-state index contributed by atoms with van der Waals surface area (Å²) in [5.41, 5.74) is 8.67. The van der Waals surface area contributed by atoms with Gasteiger partial charge < -0.3 is 15.5 Å². The lowest BCUT2D eigenvalue weighted by atomic mass is 10.0. The van der Waals surface area contributed by atoms with E-state index in [1.54, 1.807) is 0 Å². The monoisotopic (exact) mass is 422 g/mol. The molecule has 0 heterocycles. The second-order valence-corrected chi connectivity index (χ2v) is 6.39. The van der Waals surface area contributed by atoms with E-state index < -0.39 is 35.7 Å². The summed E-state index contributed by atoms with van der Waals surface area (Å²) in [6, 6.07) is 7.00. The van der Waals surface area contributed by atoms with Gasteiger partial charge in [-0.1, -0.05) is 29.4 Å². The molecule has 2 rings (SSSR count). The molecule has 30 heavy (non-hydrogen) atoms. The molecule has 0 spiro atoms. The van der Waals surface area contributed by atoms with Crippen molar-refractivity contribution in [1.29, 1.82) is 0 Å². The lowest BCUT2D eigenvalue weighted by Gasteiger charge is -2.18. The average molecular weight is 422 g/mol. The number of carbonyl (C=O) groups excluding carboxylic acids is 1. The topological polar surface area (TPSA) is 135 Å². The van der Waals surface area contributed by atoms with Gasteiger partial charge in [0.05, 0.1) is 5.56 Å². The van der Waals surface area contributed by atoms with Crippen LogP contribution in [0.4, 0.5) is 13.2 Å². The van der Waals surface area contributed by atoms with Gasteiger partial charge in [-0.3, -0.25) is 4.79 Å². The highest BCUT2D eigenvalue weighted by Crippen LogP contribution is 2.29. The third-order valence-corrected chi connectivity index (χ3v) is 4.19. The number of azide groups is 1. The van der Waals surface area contributed by atoms with E-state index in [4.69, 9.17) is 5.53 Å². The number of hydrogen-bond donors (Lipinski definition) is 3. The highest BCUT2D eigenvalue weighted by molar-refractivity contribution is 5.87. The highest BCUT2D eigenvalue weighted by Gasteiger charge is 2.30. The van der Waals surface area contributed by atoms with Gasteiger partial charge >= 0.3 is 12.1 Å². The summed E-state index contributed by atoms with van der Waals surface area (Å²) >= 11 is 0. The van der Waals surface area contributed by atoms with Crippen molar-refractivity contribution >= 4 is 11.9 Å². The summed E-state index contributed by atoms with van der Waals surface area (Å²) in [6.45, 7) is 0. The van der Waals surface area contributed by atoms with Crippen molar-refractivity contribution in [3.8, 4) is 5.75 Å². The van der Waals surface area contributed by atoms with Crippen LogP contribution in [0.25, 0.3) is 10.4 Å². The lowest BCUT2D eigenvalue weighted by Crippen LogP contribution is -2.46. The fraction of sp³-hybridized carbons (Fsp3) is 0.263.